The van der Waals surface area contributed by atoms with Gasteiger partial charge in [-0.1, -0.05) is 17.6 Å². The van der Waals surface area contributed by atoms with Crippen LogP contribution < -0.4 is 0 Å². The van der Waals surface area contributed by atoms with Crippen LogP contribution in [0.25, 0.3) is 0 Å². The van der Waals surface area contributed by atoms with Crippen LogP contribution in [0.15, 0.2) is 11.1 Å². The van der Waals surface area contributed by atoms with E-state index in [1.54, 1.807) is 0 Å². The van der Waals surface area contributed by atoms with Crippen molar-refractivity contribution in [3.05, 3.63) is 11.1 Å². The van der Waals surface area contributed by atoms with E-state index in [0.29, 0.717) is 5.78 Å². The molecule has 0 atom stereocenters. The molecule has 3 rings (SSSR count). The van der Waals surface area contributed by atoms with Crippen LogP contribution in [0.4, 0.5) is 0 Å². The molecule has 1 nitrogen and oxygen atoms in total. The summed E-state index contributed by atoms with van der Waals surface area (Å²) >= 11 is 0. The number of carbonyl (C=O) groups excluding carboxylic acids is 1. The normalized spacial score (nSPS) is 30.7. The molecule has 0 saturated heterocycles. The van der Waals surface area contributed by atoms with Gasteiger partial charge >= 0.3 is 0 Å². The maximum atomic E-state index is 11.3. The molecule has 0 heterocycles. The Balaban J connectivity index is 1.53. The fourth-order valence-corrected chi connectivity index (χ4v) is 4.58. The Morgan fingerprint density at radius 1 is 0.579 bits per heavy atom. The largest absolute Gasteiger partial charge is 0.300 e. The fraction of sp³-hybridized carbons (Fsp3) is 0.833. The van der Waals surface area contributed by atoms with Gasteiger partial charge in [-0.05, 0) is 76.0 Å². The quantitative estimate of drug-likeness (QED) is 0.592. The maximum absolute atomic E-state index is 11.3. The third-order valence-corrected chi connectivity index (χ3v) is 5.85. The molecule has 0 unspecified atom stereocenters. The minimum Gasteiger partial charge on any atom is -0.300 e. The van der Waals surface area contributed by atoms with E-state index in [4.69, 9.17) is 0 Å². The van der Waals surface area contributed by atoms with E-state index in [1.165, 1.54) is 70.6 Å². The average Bonchev–Trinajstić information content (AvgIpc) is 2.49. The molecule has 0 aromatic heterocycles. The van der Waals surface area contributed by atoms with E-state index in [-0.39, 0.29) is 0 Å². The maximum Gasteiger partial charge on any atom is 0.132 e. The van der Waals surface area contributed by atoms with E-state index in [9.17, 15) is 4.79 Å². The predicted molar refractivity (Wildman–Crippen MR) is 79.0 cm³/mol. The lowest BCUT2D eigenvalue weighted by atomic mass is 9.71. The molecule has 0 spiro atoms. The topological polar surface area (TPSA) is 17.1 Å². The van der Waals surface area contributed by atoms with Gasteiger partial charge in [0, 0.05) is 12.8 Å². The number of allylic oxidation sites excluding steroid dienone is 2. The number of ketones is 1. The third-order valence-electron chi connectivity index (χ3n) is 5.85. The van der Waals surface area contributed by atoms with Gasteiger partial charge in [0.2, 0.25) is 0 Å². The summed E-state index contributed by atoms with van der Waals surface area (Å²) < 4.78 is 0. The minimum absolute atomic E-state index is 0.511. The standard InChI is InChI=1S/C18H28O/c19-18-12-10-17(11-13-18)16-8-6-15(7-9-16)14-4-2-1-3-5-14/h16-17H,1-13H2. The van der Waals surface area contributed by atoms with Crippen LogP contribution in [0.2, 0.25) is 0 Å². The molecule has 0 aromatic rings. The highest BCUT2D eigenvalue weighted by Crippen LogP contribution is 2.41. The van der Waals surface area contributed by atoms with Gasteiger partial charge in [0.1, 0.15) is 5.78 Å². The summed E-state index contributed by atoms with van der Waals surface area (Å²) in [5, 5.41) is 0. The monoisotopic (exact) mass is 260 g/mol. The van der Waals surface area contributed by atoms with Crippen LogP contribution in [0.1, 0.15) is 83.5 Å². The Morgan fingerprint density at radius 3 is 1.63 bits per heavy atom. The zero-order valence-corrected chi connectivity index (χ0v) is 12.3. The summed E-state index contributed by atoms with van der Waals surface area (Å²) in [5.74, 6) is 2.31. The van der Waals surface area contributed by atoms with Crippen molar-refractivity contribution < 1.29 is 4.79 Å². The molecule has 1 heteroatoms. The van der Waals surface area contributed by atoms with Gasteiger partial charge in [0.05, 0.1) is 0 Å². The van der Waals surface area contributed by atoms with Gasteiger partial charge < -0.3 is 0 Å². The molecule has 3 aliphatic rings. The third kappa shape index (κ3) is 3.30. The molecule has 3 saturated carbocycles. The first kappa shape index (κ1) is 13.4. The van der Waals surface area contributed by atoms with Gasteiger partial charge in [-0.25, -0.2) is 0 Å². The molecule has 0 aliphatic heterocycles. The van der Waals surface area contributed by atoms with E-state index in [0.717, 1.165) is 24.7 Å². The molecule has 0 N–H and O–H groups in total. The Labute approximate surface area is 117 Å². The van der Waals surface area contributed by atoms with E-state index >= 15 is 0 Å². The molecule has 0 amide bonds. The van der Waals surface area contributed by atoms with Crippen LogP contribution in [0, 0.1) is 11.8 Å². The molecule has 0 bridgehead atoms. The molecular weight excluding hydrogens is 232 g/mol. The highest BCUT2D eigenvalue weighted by molar-refractivity contribution is 5.79. The summed E-state index contributed by atoms with van der Waals surface area (Å²) in [7, 11) is 0. The number of carbonyl (C=O) groups is 1. The molecule has 106 valence electrons. The molecule has 0 radical (unpaired) electrons. The first-order chi connectivity index (χ1) is 9.33. The lowest BCUT2D eigenvalue weighted by Gasteiger charge is -2.34. The van der Waals surface area contributed by atoms with Crippen LogP contribution >= 0.6 is 0 Å². The van der Waals surface area contributed by atoms with Crippen molar-refractivity contribution in [2.75, 3.05) is 0 Å². The second-order valence-corrected chi connectivity index (χ2v) is 6.98. The smallest absolute Gasteiger partial charge is 0.132 e. The summed E-state index contributed by atoms with van der Waals surface area (Å²) in [6.07, 6.45) is 16.8. The summed E-state index contributed by atoms with van der Waals surface area (Å²) in [5.41, 5.74) is 3.67. The van der Waals surface area contributed by atoms with E-state index < -0.39 is 0 Å². The molecule has 0 aromatic carbocycles. The van der Waals surface area contributed by atoms with Crippen LogP contribution in [-0.2, 0) is 4.79 Å². The SMILES string of the molecule is O=C1CCC(C2CCC(=C3CCCCC3)CC2)CC1. The van der Waals surface area contributed by atoms with Crippen molar-refractivity contribution in [3.63, 3.8) is 0 Å². The van der Waals surface area contributed by atoms with E-state index in [2.05, 4.69) is 0 Å². The highest BCUT2D eigenvalue weighted by Gasteiger charge is 2.29. The van der Waals surface area contributed by atoms with Crippen molar-refractivity contribution in [1.82, 2.24) is 0 Å². The fourth-order valence-electron chi connectivity index (χ4n) is 4.58. The zero-order chi connectivity index (χ0) is 13.1. The Bertz CT molecular complexity index is 338. The predicted octanol–water partition coefficient (Wildman–Crippen LogP) is 5.20. The van der Waals surface area contributed by atoms with Crippen LogP contribution in [0.5, 0.6) is 0 Å². The Morgan fingerprint density at radius 2 is 1.05 bits per heavy atom. The van der Waals surface area contributed by atoms with Crippen molar-refractivity contribution in [3.8, 4) is 0 Å². The minimum atomic E-state index is 0.511. The van der Waals surface area contributed by atoms with Crippen molar-refractivity contribution in [2.45, 2.75) is 83.5 Å². The van der Waals surface area contributed by atoms with Gasteiger partial charge in [0.25, 0.3) is 0 Å². The van der Waals surface area contributed by atoms with Gasteiger partial charge in [-0.3, -0.25) is 4.79 Å². The van der Waals surface area contributed by atoms with Crippen molar-refractivity contribution >= 4 is 5.78 Å². The summed E-state index contributed by atoms with van der Waals surface area (Å²) in [6.45, 7) is 0. The molecule has 19 heavy (non-hydrogen) atoms. The number of hydrogen-bond donors (Lipinski definition) is 0. The summed E-state index contributed by atoms with van der Waals surface area (Å²) in [4.78, 5) is 11.3. The van der Waals surface area contributed by atoms with Gasteiger partial charge in [-0.2, -0.15) is 0 Å². The number of hydrogen-bond acceptors (Lipinski definition) is 1. The van der Waals surface area contributed by atoms with Crippen molar-refractivity contribution in [1.29, 1.82) is 0 Å². The molecular formula is C18H28O. The summed E-state index contributed by atoms with van der Waals surface area (Å²) in [6, 6.07) is 0. The zero-order valence-electron chi connectivity index (χ0n) is 12.3. The van der Waals surface area contributed by atoms with Crippen LogP contribution in [-0.4, -0.2) is 5.78 Å². The average molecular weight is 260 g/mol. The lowest BCUT2D eigenvalue weighted by molar-refractivity contribution is -0.121. The van der Waals surface area contributed by atoms with E-state index in [1.807, 2.05) is 11.1 Å². The highest BCUT2D eigenvalue weighted by atomic mass is 16.1. The second kappa shape index (κ2) is 6.24. The first-order valence-electron chi connectivity index (χ1n) is 8.54. The Hall–Kier alpha value is -0.590. The first-order valence-corrected chi connectivity index (χ1v) is 8.54. The lowest BCUT2D eigenvalue weighted by Crippen LogP contribution is -2.24. The van der Waals surface area contributed by atoms with Crippen molar-refractivity contribution in [2.24, 2.45) is 11.8 Å². The molecule has 3 fully saturated rings. The number of Topliss-reactive ketones (excluding diaryl/α,β-unsaturated/α-hetero) is 1. The molecule has 3 aliphatic carbocycles. The van der Waals surface area contributed by atoms with Crippen LogP contribution in [0.3, 0.4) is 0 Å². The number of rotatable bonds is 1. The Kier molecular flexibility index (Phi) is 4.40. The van der Waals surface area contributed by atoms with Gasteiger partial charge in [0.15, 0.2) is 0 Å². The van der Waals surface area contributed by atoms with Gasteiger partial charge in [-0.15, -0.1) is 0 Å². The second-order valence-electron chi connectivity index (χ2n) is 6.98.